The number of aryl methyl sites for hydroxylation is 1. The summed E-state index contributed by atoms with van der Waals surface area (Å²) in [5.41, 5.74) is 2.66. The van der Waals surface area contributed by atoms with Crippen LogP contribution < -0.4 is 10.6 Å². The van der Waals surface area contributed by atoms with E-state index < -0.39 is 0 Å². The molecule has 0 aliphatic rings. The fraction of sp³-hybridized carbons (Fsp3) is 0.200. The highest BCUT2D eigenvalue weighted by atomic mass is 79.9. The predicted octanol–water partition coefficient (Wildman–Crippen LogP) is 3.36. The van der Waals surface area contributed by atoms with Crippen LogP contribution in [-0.2, 0) is 11.2 Å². The zero-order chi connectivity index (χ0) is 15.4. The average molecular weight is 367 g/mol. The van der Waals surface area contributed by atoms with Crippen LogP contribution >= 0.6 is 27.3 Å². The number of likely N-dealkylation sites (N-methyl/N-ethyl adjacent to an activating group) is 1. The molecule has 0 unspecified atom stereocenters. The first-order chi connectivity index (χ1) is 9.99. The minimum atomic E-state index is -0.132. The van der Waals surface area contributed by atoms with Crippen molar-refractivity contribution >= 4 is 44.8 Å². The van der Waals surface area contributed by atoms with Gasteiger partial charge >= 0.3 is 0 Å². The second-order valence-corrected chi connectivity index (χ2v) is 6.94. The number of nitrogens with one attached hydrogen (secondary N) is 2. The first kappa shape index (κ1) is 15.7. The average Bonchev–Trinajstić information content (AvgIpc) is 2.81. The molecule has 0 saturated heterocycles. The van der Waals surface area contributed by atoms with Gasteiger partial charge in [-0.1, -0.05) is 12.1 Å². The number of rotatable bonds is 4. The Bertz CT molecular complexity index is 645. The Balaban J connectivity index is 2.03. The molecule has 21 heavy (non-hydrogen) atoms. The molecule has 0 fully saturated rings. The third-order valence-corrected chi connectivity index (χ3v) is 5.07. The highest BCUT2D eigenvalue weighted by Crippen LogP contribution is 2.27. The summed E-state index contributed by atoms with van der Waals surface area (Å²) in [5, 5.41) is 5.42. The van der Waals surface area contributed by atoms with Crippen molar-refractivity contribution in [2.75, 3.05) is 12.4 Å². The van der Waals surface area contributed by atoms with E-state index in [9.17, 15) is 9.59 Å². The van der Waals surface area contributed by atoms with Gasteiger partial charge in [-0.3, -0.25) is 9.59 Å². The number of anilines is 1. The summed E-state index contributed by atoms with van der Waals surface area (Å²) >= 11 is 4.82. The van der Waals surface area contributed by atoms with E-state index in [1.54, 1.807) is 19.2 Å². The number of hydrogen-bond acceptors (Lipinski definition) is 3. The normalized spacial score (nSPS) is 10.2. The Labute approximate surface area is 135 Å². The van der Waals surface area contributed by atoms with Crippen molar-refractivity contribution in [2.24, 2.45) is 0 Å². The third-order valence-electron chi connectivity index (χ3n) is 2.94. The molecule has 1 heterocycles. The Kier molecular flexibility index (Phi) is 5.14. The molecule has 4 nitrogen and oxygen atoms in total. The zero-order valence-corrected chi connectivity index (χ0v) is 14.1. The minimum absolute atomic E-state index is 0.0364. The van der Waals surface area contributed by atoms with Crippen LogP contribution in [0.2, 0.25) is 0 Å². The van der Waals surface area contributed by atoms with E-state index in [0.717, 1.165) is 14.9 Å². The van der Waals surface area contributed by atoms with Gasteiger partial charge in [0, 0.05) is 12.7 Å². The lowest BCUT2D eigenvalue weighted by Crippen LogP contribution is -2.19. The molecule has 2 N–H and O–H groups in total. The predicted molar refractivity (Wildman–Crippen MR) is 88.9 cm³/mol. The quantitative estimate of drug-likeness (QED) is 0.871. The van der Waals surface area contributed by atoms with Crippen LogP contribution in [0.25, 0.3) is 0 Å². The van der Waals surface area contributed by atoms with Crippen molar-refractivity contribution in [3.05, 3.63) is 50.1 Å². The molecule has 2 amide bonds. The number of hydrogen-bond donors (Lipinski definition) is 2. The molecule has 2 rings (SSSR count). The first-order valence-corrected chi connectivity index (χ1v) is 7.97. The van der Waals surface area contributed by atoms with Gasteiger partial charge < -0.3 is 10.6 Å². The smallest absolute Gasteiger partial charge is 0.265 e. The molecule has 0 atom stereocenters. The highest BCUT2D eigenvalue weighted by molar-refractivity contribution is 9.11. The molecule has 2 aromatic rings. The minimum Gasteiger partial charge on any atom is -0.359 e. The standard InChI is InChI=1S/C15H15BrN2O2S/c1-9-7-12(21-14(9)16)15(20)18-11-5-3-10(4-6-11)8-13(19)17-2/h3-7H,8H2,1-2H3,(H,17,19)(H,18,20). The van der Waals surface area contributed by atoms with Gasteiger partial charge in [0.25, 0.3) is 5.91 Å². The van der Waals surface area contributed by atoms with E-state index in [2.05, 4.69) is 26.6 Å². The summed E-state index contributed by atoms with van der Waals surface area (Å²) in [6.45, 7) is 1.95. The maximum absolute atomic E-state index is 12.1. The Morgan fingerprint density at radius 1 is 1.24 bits per heavy atom. The largest absolute Gasteiger partial charge is 0.359 e. The van der Waals surface area contributed by atoms with Crippen molar-refractivity contribution in [1.82, 2.24) is 5.32 Å². The molecule has 0 radical (unpaired) electrons. The molecule has 0 spiro atoms. The maximum Gasteiger partial charge on any atom is 0.265 e. The van der Waals surface area contributed by atoms with Crippen LogP contribution in [0.4, 0.5) is 5.69 Å². The lowest BCUT2D eigenvalue weighted by atomic mass is 10.1. The van der Waals surface area contributed by atoms with Gasteiger partial charge in [-0.2, -0.15) is 0 Å². The zero-order valence-electron chi connectivity index (χ0n) is 11.7. The van der Waals surface area contributed by atoms with Crippen molar-refractivity contribution in [3.63, 3.8) is 0 Å². The molecule has 0 bridgehead atoms. The van der Waals surface area contributed by atoms with E-state index in [1.807, 2.05) is 25.1 Å². The number of halogens is 1. The Hall–Kier alpha value is -1.66. The number of carbonyl (C=O) groups excluding carboxylic acids is 2. The van der Waals surface area contributed by atoms with Crippen LogP contribution in [0.5, 0.6) is 0 Å². The summed E-state index contributed by atoms with van der Waals surface area (Å²) in [6, 6.07) is 9.11. The molecule has 6 heteroatoms. The van der Waals surface area contributed by atoms with E-state index in [-0.39, 0.29) is 11.8 Å². The fourth-order valence-corrected chi connectivity index (χ4v) is 3.17. The Morgan fingerprint density at radius 3 is 2.43 bits per heavy atom. The fourth-order valence-electron chi connectivity index (χ4n) is 1.74. The van der Waals surface area contributed by atoms with Crippen molar-refractivity contribution in [3.8, 4) is 0 Å². The molecular formula is C15H15BrN2O2S. The second-order valence-electron chi connectivity index (χ2n) is 4.57. The molecule has 1 aromatic heterocycles. The molecule has 0 saturated carbocycles. The monoisotopic (exact) mass is 366 g/mol. The summed E-state index contributed by atoms with van der Waals surface area (Å²) in [7, 11) is 1.61. The molecule has 110 valence electrons. The topological polar surface area (TPSA) is 58.2 Å². The molecule has 1 aromatic carbocycles. The first-order valence-electron chi connectivity index (χ1n) is 6.36. The molecular weight excluding hydrogens is 352 g/mol. The van der Waals surface area contributed by atoms with E-state index >= 15 is 0 Å². The number of amides is 2. The maximum atomic E-state index is 12.1. The number of carbonyl (C=O) groups is 2. The van der Waals surface area contributed by atoms with E-state index in [4.69, 9.17) is 0 Å². The Morgan fingerprint density at radius 2 is 1.90 bits per heavy atom. The van der Waals surface area contributed by atoms with Gasteiger partial charge in [-0.15, -0.1) is 11.3 Å². The highest BCUT2D eigenvalue weighted by Gasteiger charge is 2.11. The summed E-state index contributed by atoms with van der Waals surface area (Å²) in [4.78, 5) is 24.0. The van der Waals surface area contributed by atoms with Crippen LogP contribution in [0.3, 0.4) is 0 Å². The lowest BCUT2D eigenvalue weighted by Gasteiger charge is -2.05. The van der Waals surface area contributed by atoms with Gasteiger partial charge in [-0.25, -0.2) is 0 Å². The van der Waals surface area contributed by atoms with Crippen LogP contribution in [-0.4, -0.2) is 18.9 Å². The van der Waals surface area contributed by atoms with Crippen LogP contribution in [0.15, 0.2) is 34.1 Å². The van der Waals surface area contributed by atoms with E-state index in [0.29, 0.717) is 17.0 Å². The lowest BCUT2D eigenvalue weighted by molar-refractivity contribution is -0.119. The summed E-state index contributed by atoms with van der Waals surface area (Å²) in [6.07, 6.45) is 0.335. The SMILES string of the molecule is CNC(=O)Cc1ccc(NC(=O)c2cc(C)c(Br)s2)cc1. The van der Waals surface area contributed by atoms with E-state index in [1.165, 1.54) is 11.3 Å². The van der Waals surface area contributed by atoms with Crippen LogP contribution in [0.1, 0.15) is 20.8 Å². The van der Waals surface area contributed by atoms with Crippen LogP contribution in [0, 0.1) is 6.92 Å². The number of benzene rings is 1. The van der Waals surface area contributed by atoms with Crippen molar-refractivity contribution in [2.45, 2.75) is 13.3 Å². The summed E-state index contributed by atoms with van der Waals surface area (Å²) < 4.78 is 0.966. The van der Waals surface area contributed by atoms with Gasteiger partial charge in [0.1, 0.15) is 0 Å². The van der Waals surface area contributed by atoms with Gasteiger partial charge in [0.2, 0.25) is 5.91 Å². The molecule has 0 aliphatic carbocycles. The molecule has 0 aliphatic heterocycles. The number of thiophene rings is 1. The van der Waals surface area contributed by atoms with Gasteiger partial charge in [0.05, 0.1) is 15.1 Å². The van der Waals surface area contributed by atoms with Crippen molar-refractivity contribution in [1.29, 1.82) is 0 Å². The summed E-state index contributed by atoms with van der Waals surface area (Å²) in [5.74, 6) is -0.168. The van der Waals surface area contributed by atoms with Crippen molar-refractivity contribution < 1.29 is 9.59 Å². The van der Waals surface area contributed by atoms with Gasteiger partial charge in [-0.05, 0) is 52.2 Å². The third kappa shape index (κ3) is 4.15. The second kappa shape index (κ2) is 6.87. The van der Waals surface area contributed by atoms with Gasteiger partial charge in [0.15, 0.2) is 0 Å².